The van der Waals surface area contributed by atoms with Gasteiger partial charge in [-0.15, -0.1) is 0 Å². The molecule has 0 aliphatic carbocycles. The molecule has 0 spiro atoms. The highest BCUT2D eigenvalue weighted by Crippen LogP contribution is 2.34. The number of ether oxygens (including phenoxy) is 2. The summed E-state index contributed by atoms with van der Waals surface area (Å²) < 4.78 is 10.1. The van der Waals surface area contributed by atoms with Crippen LogP contribution < -0.4 is 0 Å². The van der Waals surface area contributed by atoms with E-state index in [1.165, 1.54) is 0 Å². The predicted octanol–water partition coefficient (Wildman–Crippen LogP) is 0.197. The van der Waals surface area contributed by atoms with Gasteiger partial charge in [0.05, 0.1) is 31.3 Å². The van der Waals surface area contributed by atoms with Gasteiger partial charge in [-0.25, -0.2) is 0 Å². The summed E-state index contributed by atoms with van der Waals surface area (Å²) in [6.07, 6.45) is 0.688. The molecule has 1 fully saturated rings. The number of hydrogen-bond acceptors (Lipinski definition) is 5. The van der Waals surface area contributed by atoms with E-state index in [2.05, 4.69) is 0 Å². The molecule has 0 aromatic carbocycles. The van der Waals surface area contributed by atoms with Crippen molar-refractivity contribution in [1.82, 2.24) is 4.90 Å². The minimum absolute atomic E-state index is 0.256. The highest BCUT2D eigenvalue weighted by molar-refractivity contribution is 5.75. The monoisotopic (exact) mass is 275 g/mol. The number of aliphatic hydroxyl groups is 1. The molecule has 0 amide bonds. The maximum Gasteiger partial charge on any atom is 0.310 e. The second kappa shape index (κ2) is 7.79. The van der Waals surface area contributed by atoms with Crippen LogP contribution in [0.15, 0.2) is 0 Å². The Balaban J connectivity index is 2.29. The quantitative estimate of drug-likeness (QED) is 0.585. The molecule has 1 aliphatic rings. The van der Waals surface area contributed by atoms with Gasteiger partial charge in [-0.2, -0.15) is 0 Å². The lowest BCUT2D eigenvalue weighted by atomic mass is 9.84. The van der Waals surface area contributed by atoms with E-state index in [9.17, 15) is 15.0 Å². The molecule has 112 valence electrons. The smallest absolute Gasteiger partial charge is 0.310 e. The molecular formula is C13H25NO5. The summed E-state index contributed by atoms with van der Waals surface area (Å²) in [6.45, 7) is 4.81. The first-order chi connectivity index (χ1) is 9.04. The first-order valence-corrected chi connectivity index (χ1v) is 6.74. The number of aliphatic carboxylic acids is 1. The van der Waals surface area contributed by atoms with Gasteiger partial charge in [-0.1, -0.05) is 6.92 Å². The lowest BCUT2D eigenvalue weighted by Crippen LogP contribution is -2.38. The molecule has 0 radical (unpaired) electrons. The third-order valence-corrected chi connectivity index (χ3v) is 3.77. The van der Waals surface area contributed by atoms with E-state index in [4.69, 9.17) is 9.47 Å². The second-order valence-electron chi connectivity index (χ2n) is 5.15. The zero-order valence-electron chi connectivity index (χ0n) is 11.8. The standard InChI is InChI=1S/C13H25NO5/c1-3-13(12(16)17)4-5-14(10-13)8-11(15)9-19-7-6-18-2/h11,15H,3-10H2,1-2H3,(H,16,17). The van der Waals surface area contributed by atoms with Crippen molar-refractivity contribution >= 4 is 5.97 Å². The Labute approximate surface area is 114 Å². The zero-order chi connectivity index (χ0) is 14.3. The van der Waals surface area contributed by atoms with Gasteiger partial charge in [0.2, 0.25) is 0 Å². The summed E-state index contributed by atoms with van der Waals surface area (Å²) in [4.78, 5) is 13.3. The average Bonchev–Trinajstić information content (AvgIpc) is 2.79. The third kappa shape index (κ3) is 4.72. The van der Waals surface area contributed by atoms with Gasteiger partial charge in [0.25, 0.3) is 0 Å². The number of hydrogen-bond donors (Lipinski definition) is 2. The molecule has 0 saturated carbocycles. The van der Waals surface area contributed by atoms with Crippen molar-refractivity contribution in [1.29, 1.82) is 0 Å². The van der Waals surface area contributed by atoms with E-state index in [1.54, 1.807) is 7.11 Å². The molecule has 1 rings (SSSR count). The van der Waals surface area contributed by atoms with Gasteiger partial charge in [0, 0.05) is 20.2 Å². The minimum Gasteiger partial charge on any atom is -0.481 e. The lowest BCUT2D eigenvalue weighted by molar-refractivity contribution is -0.148. The number of rotatable bonds is 9. The van der Waals surface area contributed by atoms with Crippen LogP contribution in [0.25, 0.3) is 0 Å². The maximum absolute atomic E-state index is 11.3. The molecular weight excluding hydrogens is 250 g/mol. The fourth-order valence-corrected chi connectivity index (χ4v) is 2.44. The number of β-amino-alcohol motifs (C(OH)–C–C–N with tert-alkyl or cyclic N) is 1. The van der Waals surface area contributed by atoms with Crippen molar-refractivity contribution in [2.45, 2.75) is 25.9 Å². The summed E-state index contributed by atoms with van der Waals surface area (Å²) in [5.41, 5.74) is -0.642. The Hall–Kier alpha value is -0.690. The van der Waals surface area contributed by atoms with Crippen LogP contribution in [-0.4, -0.2) is 73.8 Å². The molecule has 19 heavy (non-hydrogen) atoms. The van der Waals surface area contributed by atoms with Crippen molar-refractivity contribution in [2.24, 2.45) is 5.41 Å². The van der Waals surface area contributed by atoms with E-state index >= 15 is 0 Å². The SMILES string of the molecule is CCC1(C(=O)O)CCN(CC(O)COCCOC)C1. The normalized spacial score (nSPS) is 25.6. The van der Waals surface area contributed by atoms with Gasteiger partial charge in [0.1, 0.15) is 0 Å². The molecule has 2 atom stereocenters. The number of carbonyl (C=O) groups is 1. The molecule has 0 aromatic rings. The van der Waals surface area contributed by atoms with Crippen LogP contribution in [0.5, 0.6) is 0 Å². The van der Waals surface area contributed by atoms with E-state index in [-0.39, 0.29) is 6.61 Å². The number of aliphatic hydroxyl groups excluding tert-OH is 1. The van der Waals surface area contributed by atoms with E-state index in [1.807, 2.05) is 11.8 Å². The van der Waals surface area contributed by atoms with E-state index in [0.717, 1.165) is 6.54 Å². The summed E-state index contributed by atoms with van der Waals surface area (Å²) in [7, 11) is 1.60. The fraction of sp³-hybridized carbons (Fsp3) is 0.923. The predicted molar refractivity (Wildman–Crippen MR) is 70.1 cm³/mol. The van der Waals surface area contributed by atoms with Gasteiger partial charge in [-0.3, -0.25) is 9.69 Å². The minimum atomic E-state index is -0.733. The summed E-state index contributed by atoms with van der Waals surface area (Å²) in [5, 5.41) is 19.1. The fourth-order valence-electron chi connectivity index (χ4n) is 2.44. The van der Waals surface area contributed by atoms with Crippen molar-refractivity contribution in [2.75, 3.05) is 46.6 Å². The molecule has 1 saturated heterocycles. The number of methoxy groups -OCH3 is 1. The van der Waals surface area contributed by atoms with Gasteiger partial charge in [0.15, 0.2) is 0 Å². The Bertz CT molecular complexity index is 286. The molecule has 1 aliphatic heterocycles. The molecule has 2 N–H and O–H groups in total. The zero-order valence-corrected chi connectivity index (χ0v) is 11.8. The molecule has 6 heteroatoms. The highest BCUT2D eigenvalue weighted by Gasteiger charge is 2.43. The molecule has 0 bridgehead atoms. The average molecular weight is 275 g/mol. The molecule has 6 nitrogen and oxygen atoms in total. The third-order valence-electron chi connectivity index (χ3n) is 3.77. The Morgan fingerprint density at radius 2 is 2.21 bits per heavy atom. The lowest BCUT2D eigenvalue weighted by Gasteiger charge is -2.24. The summed E-state index contributed by atoms with van der Waals surface area (Å²) in [5.74, 6) is -0.733. The second-order valence-corrected chi connectivity index (χ2v) is 5.15. The number of carboxylic acid groups (broad SMARTS) is 1. The van der Waals surface area contributed by atoms with Gasteiger partial charge in [-0.05, 0) is 19.4 Å². The molecule has 2 unspecified atom stereocenters. The van der Waals surface area contributed by atoms with Gasteiger partial charge < -0.3 is 19.7 Å². The highest BCUT2D eigenvalue weighted by atomic mass is 16.5. The van der Waals surface area contributed by atoms with E-state index < -0.39 is 17.5 Å². The van der Waals surface area contributed by atoms with Crippen molar-refractivity contribution in [3.8, 4) is 0 Å². The number of nitrogens with zero attached hydrogens (tertiary/aromatic N) is 1. The van der Waals surface area contributed by atoms with Crippen LogP contribution in [0.3, 0.4) is 0 Å². The largest absolute Gasteiger partial charge is 0.481 e. The van der Waals surface area contributed by atoms with Crippen LogP contribution in [0.4, 0.5) is 0 Å². The van der Waals surface area contributed by atoms with Crippen molar-refractivity contribution < 1.29 is 24.5 Å². The first kappa shape index (κ1) is 16.4. The van der Waals surface area contributed by atoms with Gasteiger partial charge >= 0.3 is 5.97 Å². The van der Waals surface area contributed by atoms with Crippen LogP contribution in [0.2, 0.25) is 0 Å². The number of likely N-dealkylation sites (tertiary alicyclic amines) is 1. The Morgan fingerprint density at radius 3 is 2.74 bits per heavy atom. The van der Waals surface area contributed by atoms with Crippen LogP contribution >= 0.6 is 0 Å². The van der Waals surface area contributed by atoms with Crippen LogP contribution in [0, 0.1) is 5.41 Å². The van der Waals surface area contributed by atoms with Crippen LogP contribution in [-0.2, 0) is 14.3 Å². The van der Waals surface area contributed by atoms with Crippen molar-refractivity contribution in [3.63, 3.8) is 0 Å². The Kier molecular flexibility index (Phi) is 6.71. The summed E-state index contributed by atoms with van der Waals surface area (Å²) in [6, 6.07) is 0. The Morgan fingerprint density at radius 1 is 1.47 bits per heavy atom. The van der Waals surface area contributed by atoms with Crippen LogP contribution in [0.1, 0.15) is 19.8 Å². The first-order valence-electron chi connectivity index (χ1n) is 6.74. The summed E-state index contributed by atoms with van der Waals surface area (Å²) >= 11 is 0. The maximum atomic E-state index is 11.3. The topological polar surface area (TPSA) is 79.2 Å². The van der Waals surface area contributed by atoms with Crippen molar-refractivity contribution in [3.05, 3.63) is 0 Å². The molecule has 1 heterocycles. The van der Waals surface area contributed by atoms with E-state index in [0.29, 0.717) is 39.1 Å². The molecule has 0 aromatic heterocycles. The number of carboxylic acids is 1.